The Kier molecular flexibility index (Phi) is 8.24. The minimum absolute atomic E-state index is 0.0177. The maximum Gasteiger partial charge on any atom is 0.201 e. The van der Waals surface area contributed by atoms with E-state index in [-0.39, 0.29) is 11.3 Å². The molecule has 0 aliphatic rings. The van der Waals surface area contributed by atoms with Crippen molar-refractivity contribution in [1.29, 1.82) is 0 Å². The number of rotatable bonds is 8. The quantitative estimate of drug-likeness (QED) is 0.271. The molecule has 0 fully saturated rings. The third-order valence-corrected chi connectivity index (χ3v) is 5.09. The fraction of sp³-hybridized carbons (Fsp3) is 0.286. The van der Waals surface area contributed by atoms with Gasteiger partial charge in [-0.2, -0.15) is 4.39 Å². The van der Waals surface area contributed by atoms with Crippen molar-refractivity contribution < 1.29 is 13.5 Å². The number of hydrogen-bond acceptors (Lipinski definition) is 1. The lowest BCUT2D eigenvalue weighted by atomic mass is 10.0. The molecular formula is C28H28F2O. The van der Waals surface area contributed by atoms with E-state index in [4.69, 9.17) is 4.74 Å². The van der Waals surface area contributed by atoms with Gasteiger partial charge in [-0.25, -0.2) is 4.39 Å². The highest BCUT2D eigenvalue weighted by Gasteiger charge is 2.13. The first kappa shape index (κ1) is 22.6. The van der Waals surface area contributed by atoms with Crippen LogP contribution in [0.25, 0.3) is 11.1 Å². The van der Waals surface area contributed by atoms with E-state index in [2.05, 4.69) is 43.0 Å². The van der Waals surface area contributed by atoms with E-state index in [1.54, 1.807) is 0 Å². The summed E-state index contributed by atoms with van der Waals surface area (Å²) in [5.41, 5.74) is 4.37. The number of aryl methyl sites for hydroxylation is 1. The van der Waals surface area contributed by atoms with Gasteiger partial charge in [0.25, 0.3) is 0 Å². The molecule has 3 heteroatoms. The highest BCUT2D eigenvalue weighted by Crippen LogP contribution is 2.23. The monoisotopic (exact) mass is 418 g/mol. The second kappa shape index (κ2) is 11.3. The summed E-state index contributed by atoms with van der Waals surface area (Å²) in [6, 6.07) is 19.3. The molecule has 0 bridgehead atoms. The highest BCUT2D eigenvalue weighted by molar-refractivity contribution is 5.64. The lowest BCUT2D eigenvalue weighted by Gasteiger charge is -2.07. The van der Waals surface area contributed by atoms with Crippen LogP contribution in [0.1, 0.15) is 56.2 Å². The summed E-state index contributed by atoms with van der Waals surface area (Å²) in [6.45, 7) is 4.46. The number of unbranched alkanes of at least 4 members (excludes halogenated alkanes) is 2. The normalized spacial score (nSPS) is 10.5. The van der Waals surface area contributed by atoms with Crippen molar-refractivity contribution in [1.82, 2.24) is 0 Å². The van der Waals surface area contributed by atoms with Crippen LogP contribution in [0.15, 0.2) is 60.7 Å². The highest BCUT2D eigenvalue weighted by atomic mass is 19.2. The predicted octanol–water partition coefficient (Wildman–Crippen LogP) is 7.55. The first-order valence-corrected chi connectivity index (χ1v) is 10.9. The minimum Gasteiger partial charge on any atom is -0.490 e. The van der Waals surface area contributed by atoms with Crippen molar-refractivity contribution in [2.75, 3.05) is 6.61 Å². The number of hydrogen-bond donors (Lipinski definition) is 0. The smallest absolute Gasteiger partial charge is 0.201 e. The van der Waals surface area contributed by atoms with Crippen molar-refractivity contribution in [3.05, 3.63) is 89.0 Å². The van der Waals surface area contributed by atoms with Crippen LogP contribution >= 0.6 is 0 Å². The van der Waals surface area contributed by atoms with Crippen LogP contribution in [0.4, 0.5) is 8.78 Å². The number of benzene rings is 3. The Labute approximate surface area is 184 Å². The van der Waals surface area contributed by atoms with E-state index in [0.717, 1.165) is 29.5 Å². The Morgan fingerprint density at radius 1 is 0.710 bits per heavy atom. The SMILES string of the molecule is CCCCCc1ccc(-c2ccc(C#Cc3ccc(OCCC)c(F)c3F)cc2)cc1. The summed E-state index contributed by atoms with van der Waals surface area (Å²) in [7, 11) is 0. The standard InChI is InChI=1S/C28H28F2O/c1-3-5-6-7-21-8-13-23(14-9-21)24-15-10-22(11-16-24)12-17-25-18-19-26(31-20-4-2)28(30)27(25)29/h8-11,13-16,18-19H,3-7,20H2,1-2H3. The average Bonchev–Trinajstić information content (AvgIpc) is 2.80. The lowest BCUT2D eigenvalue weighted by molar-refractivity contribution is 0.295. The van der Waals surface area contributed by atoms with Crippen LogP contribution in [0.3, 0.4) is 0 Å². The van der Waals surface area contributed by atoms with Gasteiger partial charge in [0.15, 0.2) is 11.6 Å². The van der Waals surface area contributed by atoms with Gasteiger partial charge in [0.2, 0.25) is 5.82 Å². The summed E-state index contributed by atoms with van der Waals surface area (Å²) >= 11 is 0. The molecule has 0 amide bonds. The van der Waals surface area contributed by atoms with E-state index in [9.17, 15) is 8.78 Å². The van der Waals surface area contributed by atoms with Crippen molar-refractivity contribution in [3.8, 4) is 28.7 Å². The Hall–Kier alpha value is -3.12. The van der Waals surface area contributed by atoms with Crippen LogP contribution in [-0.4, -0.2) is 6.61 Å². The maximum atomic E-state index is 14.3. The first-order valence-electron chi connectivity index (χ1n) is 10.9. The summed E-state index contributed by atoms with van der Waals surface area (Å²) in [5, 5.41) is 0. The molecule has 0 atom stereocenters. The van der Waals surface area contributed by atoms with E-state index in [0.29, 0.717) is 6.61 Å². The Morgan fingerprint density at radius 2 is 1.39 bits per heavy atom. The fourth-order valence-electron chi connectivity index (χ4n) is 3.28. The van der Waals surface area contributed by atoms with Crippen LogP contribution in [-0.2, 0) is 6.42 Å². The first-order chi connectivity index (χ1) is 15.1. The van der Waals surface area contributed by atoms with Gasteiger partial charge in [0.05, 0.1) is 12.2 Å². The third-order valence-electron chi connectivity index (χ3n) is 5.09. The van der Waals surface area contributed by atoms with Crippen LogP contribution in [0.5, 0.6) is 5.75 Å². The molecule has 3 rings (SSSR count). The van der Waals surface area contributed by atoms with E-state index < -0.39 is 11.6 Å². The Bertz CT molecular complexity index is 1040. The largest absolute Gasteiger partial charge is 0.490 e. The molecule has 160 valence electrons. The van der Waals surface area contributed by atoms with E-state index >= 15 is 0 Å². The topological polar surface area (TPSA) is 9.23 Å². The molecule has 3 aromatic rings. The van der Waals surface area contributed by atoms with Gasteiger partial charge in [0, 0.05) is 5.56 Å². The molecule has 0 spiro atoms. The van der Waals surface area contributed by atoms with Crippen LogP contribution in [0.2, 0.25) is 0 Å². The van der Waals surface area contributed by atoms with Gasteiger partial charge in [0.1, 0.15) is 0 Å². The molecule has 0 unspecified atom stereocenters. The molecular weight excluding hydrogens is 390 g/mol. The summed E-state index contributed by atoms with van der Waals surface area (Å²) in [5.74, 6) is 3.59. The third kappa shape index (κ3) is 6.18. The van der Waals surface area contributed by atoms with Gasteiger partial charge in [-0.3, -0.25) is 0 Å². The molecule has 0 saturated heterocycles. The molecule has 0 aliphatic carbocycles. The molecule has 0 aliphatic heterocycles. The van der Waals surface area contributed by atoms with Crippen LogP contribution < -0.4 is 4.74 Å². The molecule has 31 heavy (non-hydrogen) atoms. The fourth-order valence-corrected chi connectivity index (χ4v) is 3.28. The summed E-state index contributed by atoms with van der Waals surface area (Å²) < 4.78 is 33.6. The van der Waals surface area contributed by atoms with Crippen molar-refractivity contribution in [3.63, 3.8) is 0 Å². The Balaban J connectivity index is 1.69. The second-order valence-electron chi connectivity index (χ2n) is 7.57. The van der Waals surface area contributed by atoms with Gasteiger partial charge < -0.3 is 4.74 Å². The number of ether oxygens (including phenoxy) is 1. The molecule has 0 N–H and O–H groups in total. The zero-order valence-corrected chi connectivity index (χ0v) is 18.2. The number of halogens is 2. The van der Waals surface area contributed by atoms with Crippen molar-refractivity contribution in [2.45, 2.75) is 46.0 Å². The van der Waals surface area contributed by atoms with Crippen molar-refractivity contribution >= 4 is 0 Å². The van der Waals surface area contributed by atoms with Gasteiger partial charge in [-0.1, -0.05) is 74.9 Å². The molecule has 3 aromatic carbocycles. The molecule has 0 radical (unpaired) electrons. The lowest BCUT2D eigenvalue weighted by Crippen LogP contribution is -2.00. The van der Waals surface area contributed by atoms with Gasteiger partial charge in [-0.05, 0) is 60.2 Å². The molecule has 0 heterocycles. The summed E-state index contributed by atoms with van der Waals surface area (Å²) in [4.78, 5) is 0. The zero-order chi connectivity index (χ0) is 22.1. The zero-order valence-electron chi connectivity index (χ0n) is 18.2. The van der Waals surface area contributed by atoms with Gasteiger partial charge >= 0.3 is 0 Å². The van der Waals surface area contributed by atoms with E-state index in [1.165, 1.54) is 37.0 Å². The second-order valence-corrected chi connectivity index (χ2v) is 7.57. The van der Waals surface area contributed by atoms with Crippen molar-refractivity contribution in [2.24, 2.45) is 0 Å². The average molecular weight is 419 g/mol. The van der Waals surface area contributed by atoms with Crippen LogP contribution in [0, 0.1) is 23.5 Å². The molecule has 0 saturated carbocycles. The Morgan fingerprint density at radius 3 is 2.03 bits per heavy atom. The van der Waals surface area contributed by atoms with E-state index in [1.807, 2.05) is 31.2 Å². The predicted molar refractivity (Wildman–Crippen MR) is 123 cm³/mol. The minimum atomic E-state index is -0.992. The molecule has 0 aromatic heterocycles. The summed E-state index contributed by atoms with van der Waals surface area (Å²) in [6.07, 6.45) is 5.56. The van der Waals surface area contributed by atoms with Gasteiger partial charge in [-0.15, -0.1) is 0 Å². The maximum absolute atomic E-state index is 14.3. The molecule has 1 nitrogen and oxygen atoms in total.